The number of nitrogens with two attached hydrogens (primary N) is 1. The van der Waals surface area contributed by atoms with Crippen molar-refractivity contribution >= 4 is 22.1 Å². The molecule has 2 rings (SSSR count). The van der Waals surface area contributed by atoms with Gasteiger partial charge in [-0.05, 0) is 18.6 Å². The molecule has 0 bridgehead atoms. The van der Waals surface area contributed by atoms with Crippen molar-refractivity contribution < 1.29 is 9.50 Å². The lowest BCUT2D eigenvalue weighted by Gasteiger charge is -2.06. The number of aryl methyl sites for hydroxylation is 1. The number of nitrogen functional groups attached to an aromatic ring is 1. The number of anilines is 1. The van der Waals surface area contributed by atoms with E-state index < -0.39 is 0 Å². The second-order valence-corrected chi connectivity index (χ2v) is 4.73. The number of halogens is 1. The van der Waals surface area contributed by atoms with E-state index >= 15 is 0 Å². The Morgan fingerprint density at radius 2 is 2.12 bits per heavy atom. The van der Waals surface area contributed by atoms with Gasteiger partial charge in [-0.1, -0.05) is 18.7 Å². The van der Waals surface area contributed by atoms with E-state index in [-0.39, 0.29) is 11.6 Å². The molecule has 1 aromatic heterocycles. The lowest BCUT2D eigenvalue weighted by molar-refractivity contribution is 0.514. The van der Waals surface area contributed by atoms with Gasteiger partial charge in [0, 0.05) is 16.5 Å². The fourth-order valence-corrected chi connectivity index (χ4v) is 2.54. The van der Waals surface area contributed by atoms with Crippen LogP contribution in [0.4, 0.5) is 9.39 Å². The van der Waals surface area contributed by atoms with E-state index in [1.807, 2.05) is 13.0 Å². The van der Waals surface area contributed by atoms with Crippen molar-refractivity contribution in [2.45, 2.75) is 6.92 Å². The van der Waals surface area contributed by atoms with Gasteiger partial charge >= 0.3 is 0 Å². The van der Waals surface area contributed by atoms with Crippen LogP contribution in [0.2, 0.25) is 0 Å². The van der Waals surface area contributed by atoms with E-state index in [1.54, 1.807) is 11.4 Å². The van der Waals surface area contributed by atoms with Crippen LogP contribution in [0, 0.1) is 12.7 Å². The zero-order valence-electron chi connectivity index (χ0n) is 9.33. The number of rotatable bonds is 2. The molecule has 2 nitrogen and oxygen atoms in total. The Kier molecular flexibility index (Phi) is 2.90. The number of hydrogen-bond donors (Lipinski definition) is 2. The lowest BCUT2D eigenvalue weighted by atomic mass is 10.0. The number of thiophene rings is 1. The molecule has 0 atom stereocenters. The fourth-order valence-electron chi connectivity index (χ4n) is 1.71. The van der Waals surface area contributed by atoms with E-state index in [0.717, 1.165) is 5.56 Å². The quantitative estimate of drug-likeness (QED) is 0.791. The molecular weight excluding hydrogens is 237 g/mol. The van der Waals surface area contributed by atoms with Gasteiger partial charge in [0.1, 0.15) is 11.6 Å². The second kappa shape index (κ2) is 4.22. The largest absolute Gasteiger partial charge is 0.508 e. The Morgan fingerprint density at radius 1 is 1.41 bits per heavy atom. The summed E-state index contributed by atoms with van der Waals surface area (Å²) < 4.78 is 13.8. The molecule has 0 aliphatic heterocycles. The standard InChI is InChI=1S/C13H12FNOS/c1-7-3-4-9(11(14)5-7)10-6-17-13(15)12(10)8(2)16/h3-6,16H,2,15H2,1H3. The minimum absolute atomic E-state index is 0.140. The molecule has 0 spiro atoms. The summed E-state index contributed by atoms with van der Waals surface area (Å²) in [5.41, 5.74) is 8.00. The van der Waals surface area contributed by atoms with Crippen LogP contribution >= 0.6 is 11.3 Å². The monoisotopic (exact) mass is 249 g/mol. The summed E-state index contributed by atoms with van der Waals surface area (Å²) >= 11 is 1.26. The van der Waals surface area contributed by atoms with Gasteiger partial charge in [0.05, 0.1) is 10.6 Å². The van der Waals surface area contributed by atoms with Crippen LogP contribution in [-0.4, -0.2) is 5.11 Å². The highest BCUT2D eigenvalue weighted by Crippen LogP contribution is 2.38. The molecule has 1 aromatic carbocycles. The van der Waals surface area contributed by atoms with E-state index in [4.69, 9.17) is 5.73 Å². The summed E-state index contributed by atoms with van der Waals surface area (Å²) in [6.45, 7) is 5.27. The first-order valence-electron chi connectivity index (χ1n) is 5.02. The molecule has 17 heavy (non-hydrogen) atoms. The number of benzene rings is 1. The summed E-state index contributed by atoms with van der Waals surface area (Å²) in [7, 11) is 0. The Hall–Kier alpha value is -1.81. The molecular formula is C13H12FNOS. The number of hydrogen-bond acceptors (Lipinski definition) is 3. The van der Waals surface area contributed by atoms with Gasteiger partial charge < -0.3 is 10.8 Å². The number of aliphatic hydroxyl groups is 1. The van der Waals surface area contributed by atoms with E-state index in [1.165, 1.54) is 17.4 Å². The zero-order chi connectivity index (χ0) is 12.6. The Labute approximate surface area is 103 Å². The minimum Gasteiger partial charge on any atom is -0.508 e. The maximum Gasteiger partial charge on any atom is 0.131 e. The van der Waals surface area contributed by atoms with Crippen LogP contribution in [0.15, 0.2) is 30.2 Å². The van der Waals surface area contributed by atoms with E-state index in [2.05, 4.69) is 6.58 Å². The van der Waals surface area contributed by atoms with Gasteiger partial charge in [-0.25, -0.2) is 4.39 Å². The Balaban J connectivity index is 2.65. The predicted octanol–water partition coefficient (Wildman–Crippen LogP) is 3.97. The van der Waals surface area contributed by atoms with Gasteiger partial charge in [0.15, 0.2) is 0 Å². The SMILES string of the molecule is C=C(O)c1c(-c2ccc(C)cc2F)csc1N. The van der Waals surface area contributed by atoms with Crippen LogP contribution in [0.5, 0.6) is 0 Å². The summed E-state index contributed by atoms with van der Waals surface area (Å²) in [5.74, 6) is -0.468. The van der Waals surface area contributed by atoms with E-state index in [0.29, 0.717) is 21.7 Å². The highest BCUT2D eigenvalue weighted by Gasteiger charge is 2.16. The van der Waals surface area contributed by atoms with Crippen molar-refractivity contribution in [1.29, 1.82) is 0 Å². The van der Waals surface area contributed by atoms with Crippen molar-refractivity contribution in [3.05, 3.63) is 47.1 Å². The zero-order valence-corrected chi connectivity index (χ0v) is 10.1. The van der Waals surface area contributed by atoms with Gasteiger partial charge in [0.2, 0.25) is 0 Å². The molecule has 0 saturated carbocycles. The van der Waals surface area contributed by atoms with Crippen molar-refractivity contribution in [2.24, 2.45) is 0 Å². The van der Waals surface area contributed by atoms with Gasteiger partial charge in [-0.2, -0.15) is 0 Å². The molecule has 3 N–H and O–H groups in total. The van der Waals surface area contributed by atoms with Crippen LogP contribution < -0.4 is 5.73 Å². The van der Waals surface area contributed by atoms with Gasteiger partial charge in [0.25, 0.3) is 0 Å². The van der Waals surface area contributed by atoms with Crippen LogP contribution in [0.25, 0.3) is 16.9 Å². The van der Waals surface area contributed by atoms with Crippen LogP contribution in [0.3, 0.4) is 0 Å². The molecule has 0 amide bonds. The molecule has 0 fully saturated rings. The summed E-state index contributed by atoms with van der Waals surface area (Å²) in [6.07, 6.45) is 0. The van der Waals surface area contributed by atoms with Crippen LogP contribution in [-0.2, 0) is 0 Å². The summed E-state index contributed by atoms with van der Waals surface area (Å²) in [6, 6.07) is 4.95. The third kappa shape index (κ3) is 2.03. The topological polar surface area (TPSA) is 46.2 Å². The lowest BCUT2D eigenvalue weighted by Crippen LogP contribution is -1.92. The first kappa shape index (κ1) is 11.7. The van der Waals surface area contributed by atoms with Crippen molar-refractivity contribution in [3.63, 3.8) is 0 Å². The minimum atomic E-state index is -0.328. The highest BCUT2D eigenvalue weighted by molar-refractivity contribution is 7.14. The average molecular weight is 249 g/mol. The highest BCUT2D eigenvalue weighted by atomic mass is 32.1. The molecule has 0 aliphatic carbocycles. The molecule has 2 aromatic rings. The Morgan fingerprint density at radius 3 is 2.71 bits per heavy atom. The smallest absolute Gasteiger partial charge is 0.131 e. The normalized spacial score (nSPS) is 10.5. The first-order valence-corrected chi connectivity index (χ1v) is 5.90. The molecule has 4 heteroatoms. The van der Waals surface area contributed by atoms with Crippen molar-refractivity contribution in [3.8, 4) is 11.1 Å². The maximum atomic E-state index is 13.8. The molecule has 0 saturated heterocycles. The Bertz CT molecular complexity index is 589. The molecule has 1 heterocycles. The molecule has 0 radical (unpaired) electrons. The van der Waals surface area contributed by atoms with E-state index in [9.17, 15) is 9.50 Å². The third-order valence-electron chi connectivity index (χ3n) is 2.52. The summed E-state index contributed by atoms with van der Waals surface area (Å²) in [4.78, 5) is 0. The average Bonchev–Trinajstić information content (AvgIpc) is 2.60. The predicted molar refractivity (Wildman–Crippen MR) is 70.5 cm³/mol. The third-order valence-corrected chi connectivity index (χ3v) is 3.33. The van der Waals surface area contributed by atoms with Gasteiger partial charge in [-0.3, -0.25) is 0 Å². The van der Waals surface area contributed by atoms with Crippen LogP contribution in [0.1, 0.15) is 11.1 Å². The molecule has 88 valence electrons. The number of aliphatic hydroxyl groups excluding tert-OH is 1. The maximum absolute atomic E-state index is 13.8. The summed E-state index contributed by atoms with van der Waals surface area (Å²) in [5, 5.41) is 11.7. The van der Waals surface area contributed by atoms with Crippen molar-refractivity contribution in [2.75, 3.05) is 5.73 Å². The second-order valence-electron chi connectivity index (χ2n) is 3.82. The van der Waals surface area contributed by atoms with Gasteiger partial charge in [-0.15, -0.1) is 11.3 Å². The van der Waals surface area contributed by atoms with Crippen molar-refractivity contribution in [1.82, 2.24) is 0 Å². The molecule has 0 unspecified atom stereocenters. The molecule has 0 aliphatic rings. The fraction of sp³-hybridized carbons (Fsp3) is 0.0769. The first-order chi connectivity index (χ1) is 8.00.